The summed E-state index contributed by atoms with van der Waals surface area (Å²) in [6, 6.07) is 4.21. The molecule has 2 fully saturated rings. The Morgan fingerprint density at radius 1 is 1.19 bits per heavy atom. The normalized spacial score (nSPS) is 19.4. The predicted octanol–water partition coefficient (Wildman–Crippen LogP) is 2.68. The molecule has 1 aromatic rings. The summed E-state index contributed by atoms with van der Waals surface area (Å²) < 4.78 is 2.04. The minimum atomic E-state index is -0.933. The number of nitrogens with zero attached hydrogens (tertiary/aromatic N) is 2. The van der Waals surface area contributed by atoms with E-state index in [-0.39, 0.29) is 18.5 Å². The molecule has 0 aliphatic heterocycles. The van der Waals surface area contributed by atoms with Crippen molar-refractivity contribution < 1.29 is 14.7 Å². The quantitative estimate of drug-likeness (QED) is 0.907. The van der Waals surface area contributed by atoms with Gasteiger partial charge in [0.05, 0.1) is 0 Å². The molecule has 0 spiro atoms. The van der Waals surface area contributed by atoms with Gasteiger partial charge in [0.2, 0.25) is 0 Å². The Bertz CT molecular complexity index is 527. The molecule has 1 N–H and O–H groups in total. The number of hydrogen-bond donors (Lipinski definition) is 1. The largest absolute Gasteiger partial charge is 0.480 e. The number of carboxylic acid groups (broad SMARTS) is 1. The van der Waals surface area contributed by atoms with Gasteiger partial charge < -0.3 is 14.6 Å². The molecule has 5 nitrogen and oxygen atoms in total. The van der Waals surface area contributed by atoms with Crippen molar-refractivity contribution in [3.63, 3.8) is 0 Å². The molecule has 0 atom stereocenters. The van der Waals surface area contributed by atoms with Crippen LogP contribution in [0.5, 0.6) is 0 Å². The summed E-state index contributed by atoms with van der Waals surface area (Å²) in [5, 5.41) is 9.13. The van der Waals surface area contributed by atoms with Gasteiger partial charge in [-0.3, -0.25) is 9.59 Å². The number of hydrogen-bond acceptors (Lipinski definition) is 2. The summed E-state index contributed by atoms with van der Waals surface area (Å²) in [6.07, 6.45) is 9.37. The van der Waals surface area contributed by atoms with E-state index in [1.54, 1.807) is 4.90 Å². The van der Waals surface area contributed by atoms with Gasteiger partial charge in [-0.15, -0.1) is 0 Å². The summed E-state index contributed by atoms with van der Waals surface area (Å²) in [4.78, 5) is 25.5. The molecule has 2 aliphatic rings. The number of aliphatic carboxylic acids is 1. The molecule has 0 bridgehead atoms. The van der Waals surface area contributed by atoms with E-state index in [9.17, 15) is 9.59 Å². The minimum Gasteiger partial charge on any atom is -0.480 e. The maximum atomic E-state index is 12.8. The third-order valence-corrected chi connectivity index (χ3v) is 4.80. The van der Waals surface area contributed by atoms with Gasteiger partial charge in [-0.1, -0.05) is 12.8 Å². The lowest BCUT2D eigenvalue weighted by molar-refractivity contribution is -0.138. The average molecular weight is 290 g/mol. The molecule has 114 valence electrons. The van der Waals surface area contributed by atoms with Crippen LogP contribution in [0.4, 0.5) is 0 Å². The zero-order valence-corrected chi connectivity index (χ0v) is 12.2. The van der Waals surface area contributed by atoms with Crippen molar-refractivity contribution in [3.05, 3.63) is 24.0 Å². The Balaban J connectivity index is 1.82. The zero-order chi connectivity index (χ0) is 14.8. The summed E-state index contributed by atoms with van der Waals surface area (Å²) in [7, 11) is 0. The van der Waals surface area contributed by atoms with E-state index in [1.165, 1.54) is 6.42 Å². The van der Waals surface area contributed by atoms with Gasteiger partial charge in [-0.05, 0) is 44.2 Å². The Kier molecular flexibility index (Phi) is 3.99. The molecular weight excluding hydrogens is 268 g/mol. The molecule has 0 aromatic carbocycles. The highest BCUT2D eigenvalue weighted by molar-refractivity contribution is 5.94. The average Bonchev–Trinajstić information content (AvgIpc) is 3.03. The number of rotatable bonds is 5. The Labute approximate surface area is 124 Å². The molecule has 0 radical (unpaired) electrons. The third kappa shape index (κ3) is 2.82. The van der Waals surface area contributed by atoms with E-state index in [0.717, 1.165) is 38.5 Å². The molecule has 2 aliphatic carbocycles. The summed E-state index contributed by atoms with van der Waals surface area (Å²) in [5.74, 6) is -1.06. The number of carbonyl (C=O) groups is 2. The van der Waals surface area contributed by atoms with Crippen molar-refractivity contribution in [2.75, 3.05) is 6.54 Å². The van der Waals surface area contributed by atoms with Gasteiger partial charge in [-0.25, -0.2) is 0 Å². The smallest absolute Gasteiger partial charge is 0.323 e. The van der Waals surface area contributed by atoms with E-state index in [0.29, 0.717) is 11.7 Å². The highest BCUT2D eigenvalue weighted by atomic mass is 16.4. The minimum absolute atomic E-state index is 0.0818. The highest BCUT2D eigenvalue weighted by Gasteiger charge is 2.32. The van der Waals surface area contributed by atoms with Crippen LogP contribution in [-0.4, -0.2) is 39.0 Å². The molecule has 21 heavy (non-hydrogen) atoms. The first-order valence-electron chi connectivity index (χ1n) is 7.86. The predicted molar refractivity (Wildman–Crippen MR) is 78.2 cm³/mol. The topological polar surface area (TPSA) is 62.5 Å². The van der Waals surface area contributed by atoms with Crippen LogP contribution in [-0.2, 0) is 4.79 Å². The van der Waals surface area contributed by atoms with Crippen molar-refractivity contribution >= 4 is 11.9 Å². The van der Waals surface area contributed by atoms with E-state index in [4.69, 9.17) is 5.11 Å². The second-order valence-corrected chi connectivity index (χ2v) is 6.15. The lowest BCUT2D eigenvalue weighted by atomic mass is 9.93. The number of aromatic nitrogens is 1. The van der Waals surface area contributed by atoms with Crippen molar-refractivity contribution in [1.82, 2.24) is 9.47 Å². The van der Waals surface area contributed by atoms with Gasteiger partial charge in [-0.2, -0.15) is 0 Å². The van der Waals surface area contributed by atoms with E-state index >= 15 is 0 Å². The van der Waals surface area contributed by atoms with Crippen LogP contribution in [0.2, 0.25) is 0 Å². The molecule has 0 saturated heterocycles. The van der Waals surface area contributed by atoms with Gasteiger partial charge in [0.25, 0.3) is 5.91 Å². The molecule has 5 heteroatoms. The summed E-state index contributed by atoms with van der Waals surface area (Å²) in [5.41, 5.74) is 0.646. The number of amides is 1. The molecule has 1 aromatic heterocycles. The Morgan fingerprint density at radius 3 is 2.48 bits per heavy atom. The first-order valence-corrected chi connectivity index (χ1v) is 7.86. The molecule has 1 amide bonds. The van der Waals surface area contributed by atoms with Crippen LogP contribution in [0.15, 0.2) is 18.3 Å². The molecule has 1 heterocycles. The summed E-state index contributed by atoms with van der Waals surface area (Å²) >= 11 is 0. The fraction of sp³-hybridized carbons (Fsp3) is 0.625. The molecule has 0 unspecified atom stereocenters. The zero-order valence-electron chi connectivity index (χ0n) is 12.2. The first kappa shape index (κ1) is 14.2. The van der Waals surface area contributed by atoms with Crippen LogP contribution in [0, 0.1) is 0 Å². The van der Waals surface area contributed by atoms with Gasteiger partial charge in [0.15, 0.2) is 0 Å². The lowest BCUT2D eigenvalue weighted by Gasteiger charge is -2.32. The summed E-state index contributed by atoms with van der Waals surface area (Å²) in [6.45, 7) is -0.195. The maximum absolute atomic E-state index is 12.8. The number of carbonyl (C=O) groups excluding carboxylic acids is 1. The van der Waals surface area contributed by atoms with Crippen LogP contribution in [0.25, 0.3) is 0 Å². The third-order valence-electron chi connectivity index (χ3n) is 4.80. The second-order valence-electron chi connectivity index (χ2n) is 6.15. The highest BCUT2D eigenvalue weighted by Crippen LogP contribution is 2.33. The van der Waals surface area contributed by atoms with E-state index < -0.39 is 5.97 Å². The van der Waals surface area contributed by atoms with Crippen LogP contribution < -0.4 is 0 Å². The van der Waals surface area contributed by atoms with Crippen LogP contribution in [0.1, 0.15) is 61.5 Å². The molecular formula is C16H22N2O3. The molecule has 3 rings (SSSR count). The van der Waals surface area contributed by atoms with Crippen molar-refractivity contribution in [2.45, 2.75) is 57.0 Å². The first-order chi connectivity index (χ1) is 10.2. The van der Waals surface area contributed by atoms with Crippen molar-refractivity contribution in [1.29, 1.82) is 0 Å². The fourth-order valence-electron chi connectivity index (χ4n) is 3.43. The van der Waals surface area contributed by atoms with Gasteiger partial charge in [0.1, 0.15) is 12.2 Å². The SMILES string of the molecule is O=C(O)CN(C(=O)c1cccn1C1CCC1)C1CCCC1. The van der Waals surface area contributed by atoms with Crippen molar-refractivity contribution in [3.8, 4) is 0 Å². The van der Waals surface area contributed by atoms with Gasteiger partial charge >= 0.3 is 5.97 Å². The monoisotopic (exact) mass is 290 g/mol. The Hall–Kier alpha value is -1.78. The lowest BCUT2D eigenvalue weighted by Crippen LogP contribution is -2.43. The number of carboxylic acids is 1. The second kappa shape index (κ2) is 5.92. The molecule has 2 saturated carbocycles. The van der Waals surface area contributed by atoms with Crippen LogP contribution >= 0.6 is 0 Å². The van der Waals surface area contributed by atoms with E-state index in [1.807, 2.05) is 22.9 Å². The van der Waals surface area contributed by atoms with Crippen LogP contribution in [0.3, 0.4) is 0 Å². The maximum Gasteiger partial charge on any atom is 0.323 e. The Morgan fingerprint density at radius 2 is 1.90 bits per heavy atom. The van der Waals surface area contributed by atoms with Crippen molar-refractivity contribution in [2.24, 2.45) is 0 Å². The standard InChI is InChI=1S/C16H22N2O3/c19-15(20)11-18(13-5-1-2-6-13)16(21)14-9-4-10-17(14)12-7-3-8-12/h4,9-10,12-13H,1-3,5-8,11H2,(H,19,20). The van der Waals surface area contributed by atoms with Gasteiger partial charge in [0, 0.05) is 18.3 Å². The van der Waals surface area contributed by atoms with E-state index in [2.05, 4.69) is 0 Å². The fourth-order valence-corrected chi connectivity index (χ4v) is 3.43.